The number of hydrogen-bond donors (Lipinski definition) is 2. The highest BCUT2D eigenvalue weighted by atomic mass is 32.2. The van der Waals surface area contributed by atoms with E-state index in [9.17, 15) is 0 Å². The summed E-state index contributed by atoms with van der Waals surface area (Å²) in [7, 11) is 0. The maximum Gasteiger partial charge on any atom is 0.191 e. The Hall–Kier alpha value is -2.02. The quantitative estimate of drug-likeness (QED) is 0.614. The molecule has 1 aliphatic rings. The number of rotatable bonds is 6. The molecule has 0 spiro atoms. The average Bonchev–Trinajstić information content (AvgIpc) is 3.32. The molecule has 2 atom stereocenters. The van der Waals surface area contributed by atoms with E-state index in [2.05, 4.69) is 33.9 Å². The van der Waals surface area contributed by atoms with Gasteiger partial charge < -0.3 is 10.6 Å². The highest BCUT2D eigenvalue weighted by Gasteiger charge is 2.24. The monoisotopic (exact) mass is 358 g/mol. The summed E-state index contributed by atoms with van der Waals surface area (Å²) < 4.78 is 1.76. The zero-order chi connectivity index (χ0) is 17.5. The maximum absolute atomic E-state index is 4.75. The van der Waals surface area contributed by atoms with Crippen LogP contribution in [0.25, 0.3) is 5.82 Å². The van der Waals surface area contributed by atoms with Crippen LogP contribution in [0.15, 0.2) is 41.8 Å². The number of aliphatic imine (C=N–C) groups is 1. The molecule has 2 N–H and O–H groups in total. The summed E-state index contributed by atoms with van der Waals surface area (Å²) in [6.45, 7) is 3.57. The average molecular weight is 359 g/mol. The van der Waals surface area contributed by atoms with E-state index in [1.807, 2.05) is 42.4 Å². The second-order valence-electron chi connectivity index (χ2n) is 6.18. The van der Waals surface area contributed by atoms with Crippen molar-refractivity contribution in [3.63, 3.8) is 0 Å². The lowest BCUT2D eigenvalue weighted by Gasteiger charge is -2.17. The first kappa shape index (κ1) is 17.8. The minimum Gasteiger partial charge on any atom is -0.357 e. The molecule has 6 nitrogen and oxygen atoms in total. The molecule has 0 bridgehead atoms. The Labute approximate surface area is 153 Å². The highest BCUT2D eigenvalue weighted by molar-refractivity contribution is 7.99. The smallest absolute Gasteiger partial charge is 0.191 e. The van der Waals surface area contributed by atoms with Crippen LogP contribution in [-0.4, -0.2) is 44.8 Å². The summed E-state index contributed by atoms with van der Waals surface area (Å²) in [6, 6.07) is 6.44. The molecule has 0 saturated heterocycles. The van der Waals surface area contributed by atoms with Crippen LogP contribution in [0.1, 0.15) is 31.7 Å². The Morgan fingerprint density at radius 2 is 2.32 bits per heavy atom. The molecule has 2 aromatic rings. The fourth-order valence-electron chi connectivity index (χ4n) is 3.06. The predicted octanol–water partition coefficient (Wildman–Crippen LogP) is 2.61. The molecule has 1 fully saturated rings. The molecular formula is C18H26N6S. The third-order valence-corrected chi connectivity index (χ3v) is 5.47. The first-order valence-corrected chi connectivity index (χ1v) is 10.1. The third kappa shape index (κ3) is 4.98. The van der Waals surface area contributed by atoms with Gasteiger partial charge in [-0.15, -0.1) is 0 Å². The largest absolute Gasteiger partial charge is 0.357 e. The SMILES string of the molecule is CCNC(=NCc1ccnc(-n2cccn2)c1)NC1CCC(SC)C1. The van der Waals surface area contributed by atoms with E-state index in [0.29, 0.717) is 12.6 Å². The van der Waals surface area contributed by atoms with E-state index < -0.39 is 0 Å². The first-order chi connectivity index (χ1) is 12.3. The second kappa shape index (κ2) is 8.89. The van der Waals surface area contributed by atoms with Crippen LogP contribution in [0.3, 0.4) is 0 Å². The molecule has 134 valence electrons. The predicted molar refractivity (Wildman–Crippen MR) is 104 cm³/mol. The van der Waals surface area contributed by atoms with Gasteiger partial charge in [0.05, 0.1) is 6.54 Å². The Bertz CT molecular complexity index is 685. The molecule has 1 aliphatic carbocycles. The maximum atomic E-state index is 4.75. The topological polar surface area (TPSA) is 67.1 Å². The number of aromatic nitrogens is 3. The van der Waals surface area contributed by atoms with E-state index in [-0.39, 0.29) is 0 Å². The van der Waals surface area contributed by atoms with Gasteiger partial charge in [-0.1, -0.05) is 0 Å². The van der Waals surface area contributed by atoms with Gasteiger partial charge in [0, 0.05) is 36.4 Å². The Balaban J connectivity index is 1.64. The van der Waals surface area contributed by atoms with Gasteiger partial charge in [0.2, 0.25) is 0 Å². The van der Waals surface area contributed by atoms with Crippen molar-refractivity contribution < 1.29 is 0 Å². The summed E-state index contributed by atoms with van der Waals surface area (Å²) >= 11 is 1.97. The lowest BCUT2D eigenvalue weighted by molar-refractivity contribution is 0.615. The number of pyridine rings is 1. The second-order valence-corrected chi connectivity index (χ2v) is 7.32. The summed E-state index contributed by atoms with van der Waals surface area (Å²) in [5.41, 5.74) is 1.12. The number of nitrogens with zero attached hydrogens (tertiary/aromatic N) is 4. The van der Waals surface area contributed by atoms with Crippen LogP contribution in [-0.2, 0) is 6.54 Å². The Morgan fingerprint density at radius 1 is 1.40 bits per heavy atom. The van der Waals surface area contributed by atoms with Crippen molar-refractivity contribution in [2.45, 2.75) is 44.0 Å². The van der Waals surface area contributed by atoms with Gasteiger partial charge in [-0.25, -0.2) is 14.7 Å². The van der Waals surface area contributed by atoms with E-state index in [1.165, 1.54) is 19.3 Å². The first-order valence-electron chi connectivity index (χ1n) is 8.81. The molecule has 3 rings (SSSR count). The highest BCUT2D eigenvalue weighted by Crippen LogP contribution is 2.28. The summed E-state index contributed by atoms with van der Waals surface area (Å²) in [5, 5.41) is 11.9. The molecule has 0 aromatic carbocycles. The van der Waals surface area contributed by atoms with E-state index >= 15 is 0 Å². The normalized spacial score (nSPS) is 20.6. The van der Waals surface area contributed by atoms with Gasteiger partial charge in [-0.2, -0.15) is 16.9 Å². The van der Waals surface area contributed by atoms with Crippen molar-refractivity contribution in [1.82, 2.24) is 25.4 Å². The van der Waals surface area contributed by atoms with Gasteiger partial charge in [0.15, 0.2) is 11.8 Å². The van der Waals surface area contributed by atoms with Gasteiger partial charge in [-0.05, 0) is 56.2 Å². The van der Waals surface area contributed by atoms with Gasteiger partial charge in [-0.3, -0.25) is 0 Å². The van der Waals surface area contributed by atoms with Crippen molar-refractivity contribution >= 4 is 17.7 Å². The minimum absolute atomic E-state index is 0.521. The number of thioether (sulfide) groups is 1. The molecule has 2 unspecified atom stereocenters. The van der Waals surface area contributed by atoms with Crippen molar-refractivity contribution in [3.8, 4) is 5.82 Å². The number of nitrogens with one attached hydrogen (secondary N) is 2. The molecule has 7 heteroatoms. The van der Waals surface area contributed by atoms with Crippen LogP contribution < -0.4 is 10.6 Å². The Kier molecular flexibility index (Phi) is 6.33. The molecule has 2 aromatic heterocycles. The van der Waals surface area contributed by atoms with Crippen molar-refractivity contribution in [2.75, 3.05) is 12.8 Å². The molecule has 25 heavy (non-hydrogen) atoms. The molecule has 0 aliphatic heterocycles. The molecular weight excluding hydrogens is 332 g/mol. The van der Waals surface area contributed by atoms with Crippen LogP contribution in [0.5, 0.6) is 0 Å². The lowest BCUT2D eigenvalue weighted by Crippen LogP contribution is -2.42. The van der Waals surface area contributed by atoms with Crippen LogP contribution in [0.2, 0.25) is 0 Å². The van der Waals surface area contributed by atoms with E-state index in [0.717, 1.165) is 29.1 Å². The minimum atomic E-state index is 0.521. The van der Waals surface area contributed by atoms with Crippen molar-refractivity contribution in [3.05, 3.63) is 42.4 Å². The third-order valence-electron chi connectivity index (χ3n) is 4.37. The summed E-state index contributed by atoms with van der Waals surface area (Å²) in [5.74, 6) is 1.71. The van der Waals surface area contributed by atoms with Gasteiger partial charge >= 0.3 is 0 Å². The fourth-order valence-corrected chi connectivity index (χ4v) is 3.85. The van der Waals surface area contributed by atoms with E-state index in [4.69, 9.17) is 4.99 Å². The lowest BCUT2D eigenvalue weighted by atomic mass is 10.2. The number of hydrogen-bond acceptors (Lipinski definition) is 4. The summed E-state index contributed by atoms with van der Waals surface area (Å²) in [4.78, 5) is 9.12. The number of guanidine groups is 1. The van der Waals surface area contributed by atoms with Crippen molar-refractivity contribution in [2.24, 2.45) is 4.99 Å². The van der Waals surface area contributed by atoms with Crippen LogP contribution in [0.4, 0.5) is 0 Å². The van der Waals surface area contributed by atoms with Crippen molar-refractivity contribution in [1.29, 1.82) is 0 Å². The van der Waals surface area contributed by atoms with Gasteiger partial charge in [0.1, 0.15) is 0 Å². The molecule has 2 heterocycles. The molecule has 0 radical (unpaired) electrons. The zero-order valence-electron chi connectivity index (χ0n) is 14.9. The molecule has 0 amide bonds. The van der Waals surface area contributed by atoms with E-state index in [1.54, 1.807) is 10.9 Å². The standard InChI is InChI=1S/C18H26N6S/c1-3-19-18(23-15-5-6-16(12-15)25-2)21-13-14-7-9-20-17(11-14)24-10-4-8-22-24/h4,7-11,15-16H,3,5-6,12-13H2,1-2H3,(H2,19,21,23). The summed E-state index contributed by atoms with van der Waals surface area (Å²) in [6.07, 6.45) is 11.4. The Morgan fingerprint density at radius 3 is 3.04 bits per heavy atom. The zero-order valence-corrected chi connectivity index (χ0v) is 15.7. The fraction of sp³-hybridized carbons (Fsp3) is 0.500. The van der Waals surface area contributed by atoms with Gasteiger partial charge in [0.25, 0.3) is 0 Å². The van der Waals surface area contributed by atoms with Crippen LogP contribution >= 0.6 is 11.8 Å². The van der Waals surface area contributed by atoms with Crippen LogP contribution in [0, 0.1) is 0 Å². The molecule has 1 saturated carbocycles.